The molecule has 41 nitrogen and oxygen atoms in total. The van der Waals surface area contributed by atoms with Crippen LogP contribution in [0.4, 0.5) is 0 Å². The van der Waals surface area contributed by atoms with Gasteiger partial charge in [0.1, 0.15) is 71.9 Å². The molecule has 112 heavy (non-hydrogen) atoms. The highest BCUT2D eigenvalue weighted by atomic mass is 32.1. The smallest absolute Gasteiger partial charge is 0.508 e. The predicted molar refractivity (Wildman–Crippen MR) is 404 cm³/mol. The quantitative estimate of drug-likeness (QED) is 0.0167. The van der Waals surface area contributed by atoms with Gasteiger partial charge >= 0.3 is 19.8 Å². The normalized spacial score (nSPS) is 14.8. The number of phosphoric acid groups is 1. The Labute approximate surface area is 652 Å². The predicted octanol–water partition coefficient (Wildman–Crippen LogP) is -5.69. The summed E-state index contributed by atoms with van der Waals surface area (Å²) in [7, 11) is -5.06. The van der Waals surface area contributed by atoms with Crippen molar-refractivity contribution >= 4 is 115 Å². The van der Waals surface area contributed by atoms with Gasteiger partial charge in [0, 0.05) is 31.4 Å². The Morgan fingerprint density at radius 1 is 0.464 bits per heavy atom. The zero-order chi connectivity index (χ0) is 84.7. The molecule has 0 saturated carbocycles. The zero-order valence-corrected chi connectivity index (χ0v) is 65.2. The molecule has 0 spiro atoms. The molecule has 2 aromatic rings. The van der Waals surface area contributed by atoms with E-state index in [0.29, 0.717) is 37.7 Å². The Morgan fingerprint density at radius 2 is 0.857 bits per heavy atom. The molecule has 13 atom stereocenters. The fraction of sp³-hybridized carbons (Fsp3) is 0.594. The SMILES string of the molecule is CC[C@H](C)[C@H](NC(=O)[C@H](CCCCN)NC(=O)[C@@H](N)CCC(N)=O)C(=O)NCC(=O)N[C@@H](CCC(=O)O)C(=O)NCC(=O)N[C@H](C(=O)N[C@@H](Cc1ccc(OP(=O)(O)O)cc1)C(=O)NCC(=O)N[C@H](C(=O)N[C@H](C(=O)N[C@@H](Cc1ccc(O)cc1)C(=O)N[C@@H](CCCCN)C(=O)N[C@@H](CS)C(=O)O)C(C)C)C(C)C)[C@@H](C)O. The van der Waals surface area contributed by atoms with Crippen molar-refractivity contribution in [3.05, 3.63) is 59.7 Å². The molecule has 0 aliphatic rings. The van der Waals surface area contributed by atoms with Gasteiger partial charge in [-0.15, -0.1) is 0 Å². The van der Waals surface area contributed by atoms with Crippen LogP contribution in [0.25, 0.3) is 0 Å². The number of phosphoric ester groups is 1. The number of amides is 14. The van der Waals surface area contributed by atoms with Crippen molar-refractivity contribution in [2.45, 2.75) is 205 Å². The number of aliphatic hydroxyl groups excluding tert-OH is 1. The number of nitrogens with two attached hydrogens (primary N) is 4. The molecular formula is C69H110N17O24PS. The Balaban J connectivity index is 2.36. The van der Waals surface area contributed by atoms with Gasteiger partial charge < -0.3 is 117 Å². The number of carboxylic acids is 2. The minimum absolute atomic E-state index is 0.00423. The monoisotopic (exact) mass is 1620 g/mol. The van der Waals surface area contributed by atoms with E-state index in [0.717, 1.165) is 19.1 Å². The molecule has 43 heteroatoms. The van der Waals surface area contributed by atoms with E-state index in [9.17, 15) is 111 Å². The molecule has 2 rings (SSSR count). The lowest BCUT2D eigenvalue weighted by molar-refractivity contribution is -0.141. The summed E-state index contributed by atoms with van der Waals surface area (Å²) in [6.07, 6.45) is -2.16. The highest BCUT2D eigenvalue weighted by Crippen LogP contribution is 2.37. The zero-order valence-electron chi connectivity index (χ0n) is 63.4. The minimum Gasteiger partial charge on any atom is -0.508 e. The lowest BCUT2D eigenvalue weighted by atomic mass is 9.97. The number of aliphatic hydroxyl groups is 1. The molecule has 0 aliphatic heterocycles. The van der Waals surface area contributed by atoms with Gasteiger partial charge in [-0.3, -0.25) is 81.7 Å². The van der Waals surface area contributed by atoms with E-state index in [2.05, 4.69) is 86.3 Å². The number of aliphatic carboxylic acids is 2. The van der Waals surface area contributed by atoms with Crippen LogP contribution in [0.15, 0.2) is 48.5 Å². The van der Waals surface area contributed by atoms with Crippen molar-refractivity contribution in [1.29, 1.82) is 0 Å². The number of carbonyl (C=O) groups is 16. The molecule has 27 N–H and O–H groups in total. The Hall–Kier alpha value is -10.1. The standard InChI is InChI=1S/C69H110N17O24PS/c1-8-37(6)57(86-63(99)45(14-10-12-28-71)78-59(95)43(72)23-25-50(73)89)65(101)76-31-51(90)77-46(24-26-54(93)94)60(96)74-33-53(92)84-58(38(7)87)68(104)80-47(29-40-17-21-42(22-18-40)110-111(107,108)109)61(97)75-32-52(91)83-55(35(2)3)67(103)85-56(36(4)5)66(102)81-48(30-39-15-19-41(88)20-16-39)64(100)79-44(13-9-11-27-70)62(98)82-49(34-112)69(105)106/h15-22,35-38,43-49,55-58,87-88,112H,8-14,23-34,70-72H2,1-7H3,(H2,73,89)(H,74,96)(H,75,97)(H,76,101)(H,77,90)(H,78,95)(H,79,100)(H,80,104)(H,81,102)(H,82,98)(H,83,91)(H,84,92)(H,85,103)(H,86,99)(H,93,94)(H,105,106)(H2,107,108,109)/t37-,38+,43-,44-,45-,46-,47-,48-,49-,55-,56-,57-,58-/m0/s1. The van der Waals surface area contributed by atoms with Crippen LogP contribution in [0.5, 0.6) is 11.5 Å². The third-order valence-electron chi connectivity index (χ3n) is 17.2. The van der Waals surface area contributed by atoms with Crippen LogP contribution in [0.3, 0.4) is 0 Å². The maximum Gasteiger partial charge on any atom is 0.524 e. The van der Waals surface area contributed by atoms with Crippen molar-refractivity contribution in [3.8, 4) is 11.5 Å². The number of rotatable bonds is 53. The number of nitrogens with one attached hydrogen (secondary N) is 13. The van der Waals surface area contributed by atoms with Crippen LogP contribution >= 0.6 is 20.5 Å². The molecule has 0 saturated heterocycles. The molecule has 0 aliphatic carbocycles. The number of carboxylic acid groups (broad SMARTS) is 2. The summed E-state index contributed by atoms with van der Waals surface area (Å²) in [5.41, 5.74) is 23.0. The Bertz CT molecular complexity index is 3580. The van der Waals surface area contributed by atoms with E-state index in [1.165, 1.54) is 50.2 Å². The van der Waals surface area contributed by atoms with Gasteiger partial charge in [0.15, 0.2) is 0 Å². The van der Waals surface area contributed by atoms with Crippen molar-refractivity contribution < 1.29 is 116 Å². The number of primary amides is 1. The second kappa shape index (κ2) is 50.0. The molecule has 14 amide bonds. The molecule has 0 unspecified atom stereocenters. The molecule has 0 heterocycles. The van der Waals surface area contributed by atoms with Crippen LogP contribution in [0, 0.1) is 17.8 Å². The number of aromatic hydroxyl groups is 1. The van der Waals surface area contributed by atoms with Gasteiger partial charge in [-0.05, 0) is 125 Å². The number of hydrogen-bond acceptors (Lipinski definition) is 24. The first kappa shape index (κ1) is 98.0. The molecule has 0 aromatic heterocycles. The lowest BCUT2D eigenvalue weighted by Crippen LogP contribution is -2.61. The molecular weight excluding hydrogens is 1510 g/mol. The first-order chi connectivity index (χ1) is 52.5. The van der Waals surface area contributed by atoms with Crippen LogP contribution in [0.1, 0.15) is 130 Å². The van der Waals surface area contributed by atoms with Gasteiger partial charge in [-0.25, -0.2) is 9.36 Å². The summed E-state index contributed by atoms with van der Waals surface area (Å²) in [5, 5.41) is 71.3. The highest BCUT2D eigenvalue weighted by molar-refractivity contribution is 7.80. The maximum absolute atomic E-state index is 14.3. The summed E-state index contributed by atoms with van der Waals surface area (Å²) in [6, 6.07) is -5.92. The second-order valence-electron chi connectivity index (χ2n) is 27.2. The van der Waals surface area contributed by atoms with Crippen LogP contribution in [-0.2, 0) is 94.1 Å². The van der Waals surface area contributed by atoms with Crippen LogP contribution < -0.4 is 96.6 Å². The van der Waals surface area contributed by atoms with Crippen molar-refractivity contribution in [1.82, 2.24) is 69.1 Å². The number of phenols is 1. The van der Waals surface area contributed by atoms with E-state index >= 15 is 0 Å². The number of carbonyl (C=O) groups excluding carboxylic acids is 14. The Morgan fingerprint density at radius 3 is 1.31 bits per heavy atom. The highest BCUT2D eigenvalue weighted by Gasteiger charge is 2.38. The van der Waals surface area contributed by atoms with E-state index in [1.807, 2.05) is 0 Å². The van der Waals surface area contributed by atoms with Gasteiger partial charge in [0.2, 0.25) is 82.7 Å². The van der Waals surface area contributed by atoms with E-state index in [-0.39, 0.29) is 68.0 Å². The maximum atomic E-state index is 14.3. The van der Waals surface area contributed by atoms with Crippen LogP contribution in [-0.4, -0.2) is 236 Å². The molecule has 0 bridgehead atoms. The third-order valence-corrected chi connectivity index (χ3v) is 18.0. The minimum atomic E-state index is -5.06. The van der Waals surface area contributed by atoms with E-state index < -0.39 is 232 Å². The summed E-state index contributed by atoms with van der Waals surface area (Å²) < 4.78 is 16.2. The number of phenolic OH excluding ortho intramolecular Hbond substituents is 1. The van der Waals surface area contributed by atoms with Crippen molar-refractivity contribution in [2.75, 3.05) is 38.5 Å². The molecule has 2 aromatic carbocycles. The topological polar surface area (TPSA) is 681 Å². The number of unbranched alkanes of at least 4 members (excludes halogenated alkanes) is 2. The Kier molecular flexibility index (Phi) is 43.7. The van der Waals surface area contributed by atoms with Crippen molar-refractivity contribution in [3.63, 3.8) is 0 Å². The fourth-order valence-electron chi connectivity index (χ4n) is 10.6. The number of hydrogen-bond donors (Lipinski definition) is 24. The largest absolute Gasteiger partial charge is 0.524 e. The summed E-state index contributed by atoms with van der Waals surface area (Å²) in [5.74, 6) is -19.1. The fourth-order valence-corrected chi connectivity index (χ4v) is 11.2. The van der Waals surface area contributed by atoms with Gasteiger partial charge in [0.25, 0.3) is 0 Å². The molecule has 626 valence electrons. The number of benzene rings is 2. The van der Waals surface area contributed by atoms with Gasteiger partial charge in [0.05, 0.1) is 31.8 Å². The van der Waals surface area contributed by atoms with E-state index in [4.69, 9.17) is 22.9 Å². The van der Waals surface area contributed by atoms with Crippen molar-refractivity contribution in [2.24, 2.45) is 40.7 Å². The van der Waals surface area contributed by atoms with E-state index in [1.54, 1.807) is 27.7 Å². The summed E-state index contributed by atoms with van der Waals surface area (Å²) >= 11 is 3.99. The number of thiol groups is 1. The van der Waals surface area contributed by atoms with Gasteiger partial charge in [-0.2, -0.15) is 12.6 Å². The van der Waals surface area contributed by atoms with Gasteiger partial charge in [-0.1, -0.05) is 72.2 Å². The summed E-state index contributed by atoms with van der Waals surface area (Å²) in [6.45, 7) is 8.28. The average molecular weight is 1620 g/mol. The molecule has 0 radical (unpaired) electrons. The summed E-state index contributed by atoms with van der Waals surface area (Å²) in [4.78, 5) is 232. The second-order valence-corrected chi connectivity index (χ2v) is 28.7. The first-order valence-electron chi connectivity index (χ1n) is 36.2. The lowest BCUT2D eigenvalue weighted by Gasteiger charge is -2.29. The average Bonchev–Trinajstić information content (AvgIpc) is 0.852. The molecule has 0 fully saturated rings. The van der Waals surface area contributed by atoms with Crippen LogP contribution in [0.2, 0.25) is 0 Å². The first-order valence-corrected chi connectivity index (χ1v) is 38.3. The third kappa shape index (κ3) is 37.3.